The normalized spacial score (nSPS) is 14.9. The van der Waals surface area contributed by atoms with Crippen LogP contribution >= 0.6 is 0 Å². The maximum absolute atomic E-state index is 11.3. The van der Waals surface area contributed by atoms with E-state index in [0.717, 1.165) is 0 Å². The van der Waals surface area contributed by atoms with Crippen LogP contribution in [0.5, 0.6) is 0 Å². The lowest BCUT2D eigenvalue weighted by Crippen LogP contribution is -2.26. The van der Waals surface area contributed by atoms with Gasteiger partial charge < -0.3 is 0 Å². The Bertz CT molecular complexity index is 358. The molecule has 1 aliphatic rings. The van der Waals surface area contributed by atoms with Gasteiger partial charge in [0.2, 0.25) is 11.7 Å². The summed E-state index contributed by atoms with van der Waals surface area (Å²) >= 11 is 0. The Kier molecular flexibility index (Phi) is 3.37. The standard InChI is InChI=1S/C10H13N3O/c1-8(2)10(14)12-9-5-4-6-13(3)7-11-9/h4-5,7-8H,1-3H3/p+1. The fourth-order valence-electron chi connectivity index (χ4n) is 0.803. The third kappa shape index (κ3) is 2.99. The van der Waals surface area contributed by atoms with Crippen LogP contribution in [0.15, 0.2) is 23.0 Å². The predicted molar refractivity (Wildman–Crippen MR) is 55.3 cm³/mol. The summed E-state index contributed by atoms with van der Waals surface area (Å²) in [6, 6.07) is 0. The first-order valence-corrected chi connectivity index (χ1v) is 4.47. The molecule has 0 fully saturated rings. The van der Waals surface area contributed by atoms with Crippen molar-refractivity contribution in [3.8, 4) is 0 Å². The molecule has 0 spiro atoms. The Morgan fingerprint density at radius 2 is 2.36 bits per heavy atom. The van der Waals surface area contributed by atoms with E-state index < -0.39 is 0 Å². The summed E-state index contributed by atoms with van der Waals surface area (Å²) in [5, 5.41) is 2.71. The van der Waals surface area contributed by atoms with Crippen LogP contribution in [0.25, 0.3) is 0 Å². The van der Waals surface area contributed by atoms with E-state index in [1.165, 1.54) is 0 Å². The molecule has 0 saturated carbocycles. The van der Waals surface area contributed by atoms with Crippen molar-refractivity contribution in [1.29, 1.82) is 0 Å². The van der Waals surface area contributed by atoms with E-state index >= 15 is 0 Å². The van der Waals surface area contributed by atoms with Gasteiger partial charge in [-0.1, -0.05) is 13.8 Å². The molecular formula is C10H14N3O+. The number of nitrogens with zero attached hydrogens (tertiary/aromatic N) is 2. The van der Waals surface area contributed by atoms with Crippen molar-refractivity contribution in [2.24, 2.45) is 10.9 Å². The predicted octanol–water partition coefficient (Wildman–Crippen LogP) is 0.510. The molecule has 0 aromatic rings. The molecule has 4 heteroatoms. The summed E-state index contributed by atoms with van der Waals surface area (Å²) in [4.78, 5) is 15.4. The maximum Gasteiger partial charge on any atom is 0.296 e. The number of rotatable bonds is 2. The highest BCUT2D eigenvalue weighted by Gasteiger charge is 2.11. The summed E-state index contributed by atoms with van der Waals surface area (Å²) in [6.45, 7) is 3.68. The van der Waals surface area contributed by atoms with E-state index in [1.54, 1.807) is 23.1 Å². The third-order valence-corrected chi connectivity index (χ3v) is 1.67. The lowest BCUT2D eigenvalue weighted by atomic mass is 10.2. The third-order valence-electron chi connectivity index (χ3n) is 1.67. The van der Waals surface area contributed by atoms with Crippen LogP contribution in [0.3, 0.4) is 0 Å². The van der Waals surface area contributed by atoms with Gasteiger partial charge in [-0.25, -0.2) is 0 Å². The molecular weight excluding hydrogens is 178 g/mol. The average molecular weight is 192 g/mol. The minimum atomic E-state index is -0.0416. The van der Waals surface area contributed by atoms with Gasteiger partial charge in [-0.2, -0.15) is 4.58 Å². The summed E-state index contributed by atoms with van der Waals surface area (Å²) in [6.07, 6.45) is 5.01. The summed E-state index contributed by atoms with van der Waals surface area (Å²) < 4.78 is 1.69. The van der Waals surface area contributed by atoms with Gasteiger partial charge in [0.25, 0.3) is 6.34 Å². The molecule has 0 aliphatic carbocycles. The number of amides is 1. The van der Waals surface area contributed by atoms with Crippen molar-refractivity contribution in [3.63, 3.8) is 0 Å². The minimum absolute atomic E-state index is 0.0358. The monoisotopic (exact) mass is 192 g/mol. The highest BCUT2D eigenvalue weighted by atomic mass is 16.1. The van der Waals surface area contributed by atoms with Gasteiger partial charge >= 0.3 is 0 Å². The Labute approximate surface area is 83.4 Å². The van der Waals surface area contributed by atoms with Gasteiger partial charge in [-0.05, 0) is 4.99 Å². The molecule has 1 amide bonds. The molecule has 0 aromatic carbocycles. The number of hydrogen-bond donors (Lipinski definition) is 1. The lowest BCUT2D eigenvalue weighted by Gasteiger charge is -2.02. The van der Waals surface area contributed by atoms with Crippen LogP contribution in [0, 0.1) is 5.92 Å². The molecule has 0 saturated heterocycles. The largest absolute Gasteiger partial charge is 0.296 e. The zero-order valence-electron chi connectivity index (χ0n) is 8.61. The lowest BCUT2D eigenvalue weighted by molar-refractivity contribution is -0.351. The Balaban J connectivity index is 2.66. The average Bonchev–Trinajstić information content (AvgIpc) is 2.31. The summed E-state index contributed by atoms with van der Waals surface area (Å²) in [5.74, 6) is 3.37. The molecule has 0 unspecified atom stereocenters. The quantitative estimate of drug-likeness (QED) is 0.636. The van der Waals surface area contributed by atoms with Gasteiger partial charge in [0, 0.05) is 18.1 Å². The molecule has 1 N–H and O–H groups in total. The van der Waals surface area contributed by atoms with Gasteiger partial charge in [0.15, 0.2) is 0 Å². The number of aliphatic imine (C=N–C) groups is 1. The first-order valence-electron chi connectivity index (χ1n) is 4.47. The van der Waals surface area contributed by atoms with Crippen molar-refractivity contribution in [2.75, 3.05) is 7.05 Å². The fourth-order valence-corrected chi connectivity index (χ4v) is 0.803. The van der Waals surface area contributed by atoms with E-state index in [2.05, 4.69) is 16.2 Å². The zero-order chi connectivity index (χ0) is 10.6. The number of nitrogens with one attached hydrogen (secondary N) is 1. The molecule has 4 nitrogen and oxygen atoms in total. The molecule has 0 atom stereocenters. The van der Waals surface area contributed by atoms with Gasteiger partial charge in [0.05, 0.1) is 12.9 Å². The number of carbonyl (C=O) groups excluding carboxylic acids is 1. The second kappa shape index (κ2) is 4.53. The molecule has 1 heterocycles. The van der Waals surface area contributed by atoms with Crippen LogP contribution in [0.4, 0.5) is 0 Å². The molecule has 0 radical (unpaired) electrons. The second-order valence-electron chi connectivity index (χ2n) is 3.35. The van der Waals surface area contributed by atoms with E-state index in [1.807, 2.05) is 20.9 Å². The van der Waals surface area contributed by atoms with Gasteiger partial charge in [0.1, 0.15) is 0 Å². The van der Waals surface area contributed by atoms with E-state index in [0.29, 0.717) is 5.82 Å². The van der Waals surface area contributed by atoms with Crippen molar-refractivity contribution >= 4 is 18.1 Å². The first kappa shape index (κ1) is 10.4. The summed E-state index contributed by atoms with van der Waals surface area (Å²) in [5.41, 5.74) is 0. The van der Waals surface area contributed by atoms with Crippen LogP contribution in [-0.4, -0.2) is 29.7 Å². The van der Waals surface area contributed by atoms with E-state index in [9.17, 15) is 4.79 Å². The first-order chi connectivity index (χ1) is 6.59. The molecule has 0 aromatic heterocycles. The zero-order valence-corrected chi connectivity index (χ0v) is 8.61. The Morgan fingerprint density at radius 1 is 1.64 bits per heavy atom. The van der Waals surface area contributed by atoms with Gasteiger partial charge in [-0.15, -0.1) is 0 Å². The number of carbonyl (C=O) groups is 1. The molecule has 0 bridgehead atoms. The van der Waals surface area contributed by atoms with Gasteiger partial charge in [-0.3, -0.25) is 10.1 Å². The van der Waals surface area contributed by atoms with E-state index in [-0.39, 0.29) is 11.8 Å². The fraction of sp³-hybridized carbons (Fsp3) is 0.400. The highest BCUT2D eigenvalue weighted by Crippen LogP contribution is 1.97. The number of allylic oxidation sites excluding steroid dienone is 2. The topological polar surface area (TPSA) is 44.5 Å². The van der Waals surface area contributed by atoms with E-state index in [4.69, 9.17) is 0 Å². The number of hydrogen-bond acceptors (Lipinski definition) is 2. The van der Waals surface area contributed by atoms with Crippen LogP contribution in [0.2, 0.25) is 0 Å². The maximum atomic E-state index is 11.3. The Morgan fingerprint density at radius 3 is 3.00 bits per heavy atom. The van der Waals surface area contributed by atoms with Crippen molar-refractivity contribution in [2.45, 2.75) is 13.8 Å². The molecule has 1 aliphatic heterocycles. The van der Waals surface area contributed by atoms with Crippen LogP contribution in [0.1, 0.15) is 13.8 Å². The minimum Gasteiger partial charge on any atom is -0.289 e. The SMILES string of the molecule is CC(C)C(=O)NC1=CC=C=[N+](C)C=N1. The molecule has 74 valence electrons. The molecule has 14 heavy (non-hydrogen) atoms. The Hall–Kier alpha value is -1.67. The van der Waals surface area contributed by atoms with Crippen molar-refractivity contribution in [3.05, 3.63) is 18.0 Å². The molecule has 1 rings (SSSR count). The van der Waals surface area contributed by atoms with Crippen LogP contribution < -0.4 is 5.32 Å². The van der Waals surface area contributed by atoms with Crippen molar-refractivity contribution < 1.29 is 9.37 Å². The highest BCUT2D eigenvalue weighted by molar-refractivity contribution is 5.80. The van der Waals surface area contributed by atoms with Crippen LogP contribution in [-0.2, 0) is 4.79 Å². The summed E-state index contributed by atoms with van der Waals surface area (Å²) in [7, 11) is 1.82. The van der Waals surface area contributed by atoms with Crippen molar-refractivity contribution in [1.82, 2.24) is 5.32 Å². The smallest absolute Gasteiger partial charge is 0.289 e. The second-order valence-corrected chi connectivity index (χ2v) is 3.35.